The summed E-state index contributed by atoms with van der Waals surface area (Å²) < 4.78 is 19.0. The lowest BCUT2D eigenvalue weighted by Crippen LogP contribution is -2.04. The maximum atomic E-state index is 13.7. The summed E-state index contributed by atoms with van der Waals surface area (Å²) in [6, 6.07) is 8.06. The van der Waals surface area contributed by atoms with E-state index < -0.39 is 28.0 Å². The van der Waals surface area contributed by atoms with E-state index in [0.29, 0.717) is 23.4 Å². The number of rotatable bonds is 4. The lowest BCUT2D eigenvalue weighted by Gasteiger charge is -2.09. The van der Waals surface area contributed by atoms with Crippen molar-refractivity contribution in [3.63, 3.8) is 0 Å². The average Bonchev–Trinajstić information content (AvgIpc) is 2.40. The van der Waals surface area contributed by atoms with Crippen molar-refractivity contribution in [3.05, 3.63) is 63.5 Å². The molecule has 0 saturated carbocycles. The second-order valence-corrected chi connectivity index (χ2v) is 4.23. The standard InChI is InChI=1S/C14H10FNO5/c1-8-4-2-3-5-12(8)21-13-7-10(15)9(14(17)18)6-11(13)16(19)20/h2-7H,1H3,(H,17,18). The fourth-order valence-corrected chi connectivity index (χ4v) is 1.72. The topological polar surface area (TPSA) is 89.7 Å². The third-order valence-corrected chi connectivity index (χ3v) is 2.79. The van der Waals surface area contributed by atoms with Crippen LogP contribution in [0.1, 0.15) is 15.9 Å². The molecule has 0 bridgehead atoms. The number of benzene rings is 2. The largest absolute Gasteiger partial charge is 0.478 e. The van der Waals surface area contributed by atoms with Crippen molar-refractivity contribution in [2.24, 2.45) is 0 Å². The molecule has 7 heteroatoms. The Bertz CT molecular complexity index is 729. The predicted molar refractivity (Wildman–Crippen MR) is 71.3 cm³/mol. The quantitative estimate of drug-likeness (QED) is 0.687. The molecule has 0 aliphatic carbocycles. The molecule has 2 aromatic carbocycles. The molecule has 0 amide bonds. The second kappa shape index (κ2) is 5.58. The van der Waals surface area contributed by atoms with Crippen molar-refractivity contribution in [2.75, 3.05) is 0 Å². The van der Waals surface area contributed by atoms with Gasteiger partial charge in [0.15, 0.2) is 0 Å². The van der Waals surface area contributed by atoms with Gasteiger partial charge in [0.2, 0.25) is 5.75 Å². The Morgan fingerprint density at radius 2 is 1.95 bits per heavy atom. The van der Waals surface area contributed by atoms with Gasteiger partial charge >= 0.3 is 11.7 Å². The zero-order chi connectivity index (χ0) is 15.6. The van der Waals surface area contributed by atoms with Gasteiger partial charge in [0.1, 0.15) is 17.1 Å². The molecule has 0 aliphatic heterocycles. The second-order valence-electron chi connectivity index (χ2n) is 4.23. The van der Waals surface area contributed by atoms with E-state index in [1.165, 1.54) is 0 Å². The molecular formula is C14H10FNO5. The molecular weight excluding hydrogens is 281 g/mol. The Morgan fingerprint density at radius 3 is 2.52 bits per heavy atom. The van der Waals surface area contributed by atoms with Crippen LogP contribution in [0.5, 0.6) is 11.5 Å². The number of halogens is 1. The number of para-hydroxylation sites is 1. The lowest BCUT2D eigenvalue weighted by molar-refractivity contribution is -0.385. The van der Waals surface area contributed by atoms with E-state index in [0.717, 1.165) is 0 Å². The van der Waals surface area contributed by atoms with Gasteiger partial charge in [-0.25, -0.2) is 9.18 Å². The number of nitro benzene ring substituents is 1. The molecule has 0 unspecified atom stereocenters. The number of hydrogen-bond acceptors (Lipinski definition) is 4. The average molecular weight is 291 g/mol. The number of carboxylic acid groups (broad SMARTS) is 1. The Balaban J connectivity index is 2.53. The van der Waals surface area contributed by atoms with E-state index in [1.54, 1.807) is 31.2 Å². The molecule has 1 N–H and O–H groups in total. The fraction of sp³-hybridized carbons (Fsp3) is 0.0714. The third-order valence-electron chi connectivity index (χ3n) is 2.79. The van der Waals surface area contributed by atoms with Crippen molar-refractivity contribution in [3.8, 4) is 11.5 Å². The van der Waals surface area contributed by atoms with Gasteiger partial charge in [0.05, 0.1) is 4.92 Å². The first-order chi connectivity index (χ1) is 9.90. The minimum Gasteiger partial charge on any atom is -0.478 e. The Hall–Kier alpha value is -2.96. The van der Waals surface area contributed by atoms with Gasteiger partial charge in [0.25, 0.3) is 0 Å². The molecule has 2 aromatic rings. The number of aryl methyl sites for hydroxylation is 1. The summed E-state index contributed by atoms with van der Waals surface area (Å²) >= 11 is 0. The van der Waals surface area contributed by atoms with Crippen LogP contribution in [-0.2, 0) is 0 Å². The van der Waals surface area contributed by atoms with Gasteiger partial charge in [-0.1, -0.05) is 18.2 Å². The number of carbonyl (C=O) groups is 1. The lowest BCUT2D eigenvalue weighted by atomic mass is 10.1. The highest BCUT2D eigenvalue weighted by Gasteiger charge is 2.23. The van der Waals surface area contributed by atoms with Gasteiger partial charge in [0, 0.05) is 12.1 Å². The SMILES string of the molecule is Cc1ccccc1Oc1cc(F)c(C(=O)O)cc1[N+](=O)[O-]. The first kappa shape index (κ1) is 14.4. The highest BCUT2D eigenvalue weighted by molar-refractivity contribution is 5.89. The summed E-state index contributed by atoms with van der Waals surface area (Å²) in [4.78, 5) is 21.0. The van der Waals surface area contributed by atoms with E-state index in [-0.39, 0.29) is 5.75 Å². The van der Waals surface area contributed by atoms with Crippen molar-refractivity contribution in [2.45, 2.75) is 6.92 Å². The van der Waals surface area contributed by atoms with Crippen LogP contribution in [0.2, 0.25) is 0 Å². The van der Waals surface area contributed by atoms with Crippen molar-refractivity contribution in [1.29, 1.82) is 0 Å². The molecule has 108 valence electrons. The molecule has 0 saturated heterocycles. The van der Waals surface area contributed by atoms with Crippen LogP contribution in [-0.4, -0.2) is 16.0 Å². The summed E-state index contributed by atoms with van der Waals surface area (Å²) in [6.45, 7) is 1.73. The van der Waals surface area contributed by atoms with Crippen LogP contribution in [0.15, 0.2) is 36.4 Å². The van der Waals surface area contributed by atoms with Gasteiger partial charge in [-0.3, -0.25) is 10.1 Å². The van der Waals surface area contributed by atoms with Crippen molar-refractivity contribution < 1.29 is 24.0 Å². The summed E-state index contributed by atoms with van der Waals surface area (Å²) in [5, 5.41) is 19.8. The van der Waals surface area contributed by atoms with Gasteiger partial charge in [-0.2, -0.15) is 0 Å². The zero-order valence-corrected chi connectivity index (χ0v) is 10.9. The number of hydrogen-bond donors (Lipinski definition) is 1. The summed E-state index contributed by atoms with van der Waals surface area (Å²) in [6.07, 6.45) is 0. The summed E-state index contributed by atoms with van der Waals surface area (Å²) in [5.74, 6) is -2.71. The van der Waals surface area contributed by atoms with Crippen LogP contribution in [0, 0.1) is 22.9 Å². The van der Waals surface area contributed by atoms with Crippen molar-refractivity contribution >= 4 is 11.7 Å². The van der Waals surface area contributed by atoms with Gasteiger partial charge < -0.3 is 9.84 Å². The van der Waals surface area contributed by atoms with Crippen molar-refractivity contribution in [1.82, 2.24) is 0 Å². The van der Waals surface area contributed by atoms with Crippen LogP contribution in [0.3, 0.4) is 0 Å². The maximum Gasteiger partial charge on any atom is 0.338 e. The Labute approximate surface area is 118 Å². The van der Waals surface area contributed by atoms with E-state index in [4.69, 9.17) is 9.84 Å². The molecule has 2 rings (SSSR count). The monoisotopic (exact) mass is 291 g/mol. The normalized spacial score (nSPS) is 10.2. The van der Waals surface area contributed by atoms with E-state index in [2.05, 4.69) is 0 Å². The van der Waals surface area contributed by atoms with E-state index in [9.17, 15) is 19.3 Å². The molecule has 21 heavy (non-hydrogen) atoms. The van der Waals surface area contributed by atoms with Crippen LogP contribution in [0.4, 0.5) is 10.1 Å². The molecule has 0 aliphatic rings. The first-order valence-corrected chi connectivity index (χ1v) is 5.85. The van der Waals surface area contributed by atoms with Gasteiger partial charge in [-0.15, -0.1) is 0 Å². The Morgan fingerprint density at radius 1 is 1.29 bits per heavy atom. The predicted octanol–water partition coefficient (Wildman–Crippen LogP) is 3.53. The summed E-state index contributed by atoms with van der Waals surface area (Å²) in [5.41, 5.74) is -0.689. The van der Waals surface area contributed by atoms with Crippen LogP contribution < -0.4 is 4.74 Å². The van der Waals surface area contributed by atoms with Gasteiger partial charge in [-0.05, 0) is 18.6 Å². The van der Waals surface area contributed by atoms with E-state index >= 15 is 0 Å². The van der Waals surface area contributed by atoms with E-state index in [1.807, 2.05) is 0 Å². The minimum absolute atomic E-state index is 0.322. The molecule has 0 radical (unpaired) electrons. The Kier molecular flexibility index (Phi) is 3.84. The molecule has 0 spiro atoms. The maximum absolute atomic E-state index is 13.7. The highest BCUT2D eigenvalue weighted by Crippen LogP contribution is 2.34. The first-order valence-electron chi connectivity index (χ1n) is 5.85. The smallest absolute Gasteiger partial charge is 0.338 e. The molecule has 0 heterocycles. The number of nitrogens with zero attached hydrogens (tertiary/aromatic N) is 1. The number of ether oxygens (including phenoxy) is 1. The molecule has 6 nitrogen and oxygen atoms in total. The van der Waals surface area contributed by atoms with Crippen LogP contribution >= 0.6 is 0 Å². The minimum atomic E-state index is -1.59. The fourth-order valence-electron chi connectivity index (χ4n) is 1.72. The summed E-state index contributed by atoms with van der Waals surface area (Å²) in [7, 11) is 0. The number of nitro groups is 1. The zero-order valence-electron chi connectivity index (χ0n) is 10.9. The molecule has 0 atom stereocenters. The number of carboxylic acids is 1. The molecule has 0 fully saturated rings. The molecule has 0 aromatic heterocycles. The highest BCUT2D eigenvalue weighted by atomic mass is 19.1. The number of aromatic carboxylic acids is 1. The van der Waals surface area contributed by atoms with Crippen LogP contribution in [0.25, 0.3) is 0 Å². The third kappa shape index (κ3) is 2.97.